The van der Waals surface area contributed by atoms with Gasteiger partial charge >= 0.3 is 0 Å². The monoisotopic (exact) mass is 451 g/mol. The van der Waals surface area contributed by atoms with Gasteiger partial charge in [0.05, 0.1) is 13.2 Å². The third kappa shape index (κ3) is 6.76. The molecule has 0 unspecified atom stereocenters. The van der Waals surface area contributed by atoms with Crippen molar-refractivity contribution in [2.24, 2.45) is 5.92 Å². The largest absolute Gasteiger partial charge is 0.379 e. The van der Waals surface area contributed by atoms with Gasteiger partial charge in [0.1, 0.15) is 0 Å². The van der Waals surface area contributed by atoms with Gasteiger partial charge in [0.25, 0.3) is 0 Å². The highest BCUT2D eigenvalue weighted by molar-refractivity contribution is 5.91. The summed E-state index contributed by atoms with van der Waals surface area (Å²) in [6.07, 6.45) is 6.31. The molecule has 2 fully saturated rings. The molecule has 178 valence electrons. The number of benzene rings is 1. The Balaban J connectivity index is 1.37. The molecule has 1 aromatic heterocycles. The van der Waals surface area contributed by atoms with Crippen molar-refractivity contribution in [3.8, 4) is 0 Å². The Labute approximate surface area is 197 Å². The van der Waals surface area contributed by atoms with Crippen LogP contribution < -0.4 is 10.2 Å². The van der Waals surface area contributed by atoms with E-state index in [0.717, 1.165) is 70.2 Å². The molecule has 4 rings (SSSR count). The average molecular weight is 452 g/mol. The predicted molar refractivity (Wildman–Crippen MR) is 132 cm³/mol. The molecule has 1 aromatic carbocycles. The number of pyridine rings is 1. The average Bonchev–Trinajstić information content (AvgIpc) is 2.84. The normalized spacial score (nSPS) is 22.1. The molecule has 7 nitrogen and oxygen atoms in total. The fourth-order valence-electron chi connectivity index (χ4n) is 5.06. The van der Waals surface area contributed by atoms with E-state index in [2.05, 4.69) is 32.2 Å². The van der Waals surface area contributed by atoms with Crippen LogP contribution in [0.1, 0.15) is 24.8 Å². The van der Waals surface area contributed by atoms with Crippen LogP contribution in [0, 0.1) is 5.92 Å². The van der Waals surface area contributed by atoms with E-state index in [0.29, 0.717) is 18.4 Å². The number of rotatable bonds is 8. The molecule has 1 N–H and O–H groups in total. The van der Waals surface area contributed by atoms with Crippen molar-refractivity contribution in [3.63, 3.8) is 0 Å². The first-order chi connectivity index (χ1) is 16.1. The molecule has 2 saturated heterocycles. The molecule has 2 atom stereocenters. The molecule has 7 heteroatoms. The SMILES string of the molecule is CN(C)c1cccc(NC(=O)CC[C@H]2CN(Cc3ccncc3)CC[C@H]2N2CCOCC2)c1. The molecule has 0 spiro atoms. The Hall–Kier alpha value is -2.48. The van der Waals surface area contributed by atoms with Crippen molar-refractivity contribution in [1.82, 2.24) is 14.8 Å². The number of carbonyl (C=O) groups is 1. The summed E-state index contributed by atoms with van der Waals surface area (Å²) in [6, 6.07) is 12.7. The van der Waals surface area contributed by atoms with E-state index >= 15 is 0 Å². The molecule has 0 bridgehead atoms. The van der Waals surface area contributed by atoms with Crippen LogP contribution in [0.5, 0.6) is 0 Å². The highest BCUT2D eigenvalue weighted by Gasteiger charge is 2.34. The Morgan fingerprint density at radius 1 is 1.15 bits per heavy atom. The quantitative estimate of drug-likeness (QED) is 0.666. The Bertz CT molecular complexity index is 885. The number of likely N-dealkylation sites (tertiary alicyclic amines) is 1. The van der Waals surface area contributed by atoms with Gasteiger partial charge in [0.2, 0.25) is 5.91 Å². The maximum Gasteiger partial charge on any atom is 0.224 e. The summed E-state index contributed by atoms with van der Waals surface area (Å²) in [5, 5.41) is 3.10. The molecule has 0 aliphatic carbocycles. The minimum absolute atomic E-state index is 0.0953. The number of hydrogen-bond donors (Lipinski definition) is 1. The maximum absolute atomic E-state index is 12.8. The van der Waals surface area contributed by atoms with E-state index < -0.39 is 0 Å². The van der Waals surface area contributed by atoms with Gasteiger partial charge in [0.15, 0.2) is 0 Å². The van der Waals surface area contributed by atoms with Crippen molar-refractivity contribution < 1.29 is 9.53 Å². The molecule has 0 saturated carbocycles. The van der Waals surface area contributed by atoms with Crippen LogP contribution in [0.2, 0.25) is 0 Å². The fourth-order valence-corrected chi connectivity index (χ4v) is 5.06. The summed E-state index contributed by atoms with van der Waals surface area (Å²) in [4.78, 5) is 24.1. The van der Waals surface area contributed by atoms with Crippen LogP contribution in [-0.2, 0) is 16.1 Å². The molecule has 0 radical (unpaired) electrons. The lowest BCUT2D eigenvalue weighted by Gasteiger charge is -2.45. The van der Waals surface area contributed by atoms with Gasteiger partial charge in [-0.15, -0.1) is 0 Å². The lowest BCUT2D eigenvalue weighted by atomic mass is 9.86. The molecule has 2 aliphatic heterocycles. The van der Waals surface area contributed by atoms with E-state index in [1.165, 1.54) is 5.56 Å². The molecule has 2 aromatic rings. The number of nitrogens with one attached hydrogen (secondary N) is 1. The second-order valence-electron chi connectivity index (χ2n) is 9.39. The maximum atomic E-state index is 12.8. The second-order valence-corrected chi connectivity index (χ2v) is 9.39. The number of piperidine rings is 1. The summed E-state index contributed by atoms with van der Waals surface area (Å²) in [6.45, 7) is 6.67. The van der Waals surface area contributed by atoms with E-state index in [1.807, 2.05) is 55.7 Å². The van der Waals surface area contributed by atoms with E-state index in [4.69, 9.17) is 4.74 Å². The van der Waals surface area contributed by atoms with Crippen LogP contribution in [0.15, 0.2) is 48.8 Å². The van der Waals surface area contributed by atoms with E-state index in [9.17, 15) is 4.79 Å². The number of aromatic nitrogens is 1. The van der Waals surface area contributed by atoms with Crippen LogP contribution >= 0.6 is 0 Å². The Kier molecular flexibility index (Phi) is 8.31. The molecule has 1 amide bonds. The number of amides is 1. The number of morpholine rings is 1. The number of hydrogen-bond acceptors (Lipinski definition) is 6. The minimum Gasteiger partial charge on any atom is -0.379 e. The first kappa shape index (κ1) is 23.7. The van der Waals surface area contributed by atoms with E-state index in [-0.39, 0.29) is 5.91 Å². The second kappa shape index (κ2) is 11.6. The third-order valence-corrected chi connectivity index (χ3v) is 6.84. The predicted octanol–water partition coefficient (Wildman–Crippen LogP) is 3.09. The smallest absolute Gasteiger partial charge is 0.224 e. The summed E-state index contributed by atoms with van der Waals surface area (Å²) in [7, 11) is 4.01. The van der Waals surface area contributed by atoms with Crippen molar-refractivity contribution in [2.75, 3.05) is 63.7 Å². The van der Waals surface area contributed by atoms with Crippen molar-refractivity contribution in [1.29, 1.82) is 0 Å². The van der Waals surface area contributed by atoms with Gasteiger partial charge < -0.3 is 15.0 Å². The standard InChI is InChI=1S/C26H37N5O2/c1-29(2)24-5-3-4-23(18-24)28-26(32)7-6-22-20-30(19-21-8-11-27-12-9-21)13-10-25(22)31-14-16-33-17-15-31/h3-5,8-9,11-12,18,22,25H,6-7,10,13-17,19-20H2,1-2H3,(H,28,32)/t22-,25+/m0/s1. The van der Waals surface area contributed by atoms with Crippen LogP contribution in [0.25, 0.3) is 0 Å². The zero-order valence-corrected chi connectivity index (χ0v) is 19.9. The molecular weight excluding hydrogens is 414 g/mol. The summed E-state index contributed by atoms with van der Waals surface area (Å²) in [5.74, 6) is 0.565. The molecule has 3 heterocycles. The van der Waals surface area contributed by atoms with Crippen molar-refractivity contribution in [2.45, 2.75) is 31.8 Å². The van der Waals surface area contributed by atoms with Crippen molar-refractivity contribution in [3.05, 3.63) is 54.4 Å². The lowest BCUT2D eigenvalue weighted by Crippen LogP contribution is -2.53. The van der Waals surface area contributed by atoms with Gasteiger partial charge in [-0.1, -0.05) is 6.07 Å². The number of carbonyl (C=O) groups excluding carboxylic acids is 1. The van der Waals surface area contributed by atoms with Crippen LogP contribution in [0.3, 0.4) is 0 Å². The van der Waals surface area contributed by atoms with E-state index in [1.54, 1.807) is 0 Å². The number of nitrogens with zero attached hydrogens (tertiary/aromatic N) is 4. The highest BCUT2D eigenvalue weighted by atomic mass is 16.5. The number of ether oxygens (including phenoxy) is 1. The first-order valence-corrected chi connectivity index (χ1v) is 12.1. The number of anilines is 2. The van der Waals surface area contributed by atoms with Gasteiger partial charge in [-0.2, -0.15) is 0 Å². The molecule has 33 heavy (non-hydrogen) atoms. The summed E-state index contributed by atoms with van der Waals surface area (Å²) in [5.41, 5.74) is 3.24. The first-order valence-electron chi connectivity index (χ1n) is 12.1. The van der Waals surface area contributed by atoms with Gasteiger partial charge in [-0.05, 0) is 61.2 Å². The summed E-state index contributed by atoms with van der Waals surface area (Å²) < 4.78 is 5.59. The van der Waals surface area contributed by atoms with Gasteiger partial charge in [-0.3, -0.25) is 19.6 Å². The minimum atomic E-state index is 0.0953. The Morgan fingerprint density at radius 3 is 2.70 bits per heavy atom. The Morgan fingerprint density at radius 2 is 1.94 bits per heavy atom. The van der Waals surface area contributed by atoms with Crippen LogP contribution in [0.4, 0.5) is 11.4 Å². The molecule has 2 aliphatic rings. The van der Waals surface area contributed by atoms with Crippen LogP contribution in [-0.4, -0.2) is 80.2 Å². The highest BCUT2D eigenvalue weighted by Crippen LogP contribution is 2.28. The van der Waals surface area contributed by atoms with Gasteiger partial charge in [-0.25, -0.2) is 0 Å². The topological polar surface area (TPSA) is 60.9 Å². The third-order valence-electron chi connectivity index (χ3n) is 6.84. The van der Waals surface area contributed by atoms with Crippen molar-refractivity contribution >= 4 is 17.3 Å². The zero-order chi connectivity index (χ0) is 23.0. The van der Waals surface area contributed by atoms with Gasteiger partial charge in [0, 0.05) is 76.5 Å². The zero-order valence-electron chi connectivity index (χ0n) is 19.9. The summed E-state index contributed by atoms with van der Waals surface area (Å²) >= 11 is 0. The molecular formula is C26H37N5O2. The fraction of sp³-hybridized carbons (Fsp3) is 0.538. The lowest BCUT2D eigenvalue weighted by molar-refractivity contribution is -0.116.